The van der Waals surface area contributed by atoms with E-state index in [1.807, 2.05) is 0 Å². The standard InChI is InChI=1S/C10H9BrCl2N2O3/c1-15(4-8(16)17)10(18)14-9-6(12)2-5(11)3-7(9)13/h2-3H,4H2,1H3,(H,14,18)(H,16,17). The lowest BCUT2D eigenvalue weighted by atomic mass is 10.3. The first-order chi connectivity index (χ1) is 8.31. The van der Waals surface area contributed by atoms with Crippen LogP contribution in [0.2, 0.25) is 10.0 Å². The molecule has 1 aromatic rings. The summed E-state index contributed by atoms with van der Waals surface area (Å²) in [6.07, 6.45) is 0. The summed E-state index contributed by atoms with van der Waals surface area (Å²) in [4.78, 5) is 23.1. The number of nitrogens with one attached hydrogen (secondary N) is 1. The number of hydrogen-bond donors (Lipinski definition) is 2. The van der Waals surface area contributed by atoms with E-state index in [0.717, 1.165) is 4.90 Å². The molecule has 0 spiro atoms. The molecule has 0 heterocycles. The van der Waals surface area contributed by atoms with Crippen LogP contribution in [0.5, 0.6) is 0 Å². The molecule has 0 saturated heterocycles. The highest BCUT2D eigenvalue weighted by Crippen LogP contribution is 2.33. The van der Waals surface area contributed by atoms with E-state index >= 15 is 0 Å². The molecule has 5 nitrogen and oxygen atoms in total. The molecule has 0 bridgehead atoms. The molecule has 0 aromatic heterocycles. The molecule has 0 atom stereocenters. The number of halogens is 3. The molecule has 0 radical (unpaired) electrons. The third-order valence-electron chi connectivity index (χ3n) is 1.96. The van der Waals surface area contributed by atoms with Crippen molar-refractivity contribution in [2.24, 2.45) is 0 Å². The van der Waals surface area contributed by atoms with Crippen molar-refractivity contribution < 1.29 is 14.7 Å². The van der Waals surface area contributed by atoms with E-state index in [1.165, 1.54) is 7.05 Å². The summed E-state index contributed by atoms with van der Waals surface area (Å²) in [5.41, 5.74) is 0.240. The predicted octanol–water partition coefficient (Wildman–Crippen LogP) is 3.30. The van der Waals surface area contributed by atoms with Gasteiger partial charge in [-0.15, -0.1) is 0 Å². The minimum absolute atomic E-state index is 0.240. The molecule has 1 aromatic carbocycles. The maximum atomic E-state index is 11.7. The number of carbonyl (C=O) groups is 2. The van der Waals surface area contributed by atoms with Crippen molar-refractivity contribution in [3.8, 4) is 0 Å². The Labute approximate surface area is 122 Å². The average Bonchev–Trinajstić information content (AvgIpc) is 2.21. The lowest BCUT2D eigenvalue weighted by Crippen LogP contribution is -2.35. The van der Waals surface area contributed by atoms with Crippen molar-refractivity contribution >= 4 is 56.8 Å². The van der Waals surface area contributed by atoms with Gasteiger partial charge in [0.15, 0.2) is 0 Å². The molecule has 1 rings (SSSR count). The molecule has 0 saturated carbocycles. The van der Waals surface area contributed by atoms with Crippen LogP contribution in [0.4, 0.5) is 10.5 Å². The topological polar surface area (TPSA) is 69.6 Å². The third-order valence-corrected chi connectivity index (χ3v) is 3.01. The van der Waals surface area contributed by atoms with Crippen LogP contribution in [0.1, 0.15) is 0 Å². The van der Waals surface area contributed by atoms with E-state index in [2.05, 4.69) is 21.2 Å². The summed E-state index contributed by atoms with van der Waals surface area (Å²) in [6, 6.07) is 2.53. The molecule has 2 N–H and O–H groups in total. The summed E-state index contributed by atoms with van der Waals surface area (Å²) in [5.74, 6) is -1.11. The normalized spacial score (nSPS) is 10.0. The second-order valence-electron chi connectivity index (χ2n) is 3.42. The number of nitrogens with zero attached hydrogens (tertiary/aromatic N) is 1. The number of carboxylic acids is 1. The number of anilines is 1. The zero-order valence-electron chi connectivity index (χ0n) is 9.21. The van der Waals surface area contributed by atoms with Crippen molar-refractivity contribution in [3.63, 3.8) is 0 Å². The van der Waals surface area contributed by atoms with Gasteiger partial charge in [-0.3, -0.25) is 4.79 Å². The molecule has 8 heteroatoms. The van der Waals surface area contributed by atoms with Gasteiger partial charge in [0, 0.05) is 11.5 Å². The molecule has 2 amide bonds. The van der Waals surface area contributed by atoms with Crippen LogP contribution in [-0.2, 0) is 4.79 Å². The van der Waals surface area contributed by atoms with E-state index in [1.54, 1.807) is 12.1 Å². The van der Waals surface area contributed by atoms with Crippen LogP contribution in [0.3, 0.4) is 0 Å². The van der Waals surface area contributed by atoms with Crippen molar-refractivity contribution in [1.82, 2.24) is 4.90 Å². The molecule has 18 heavy (non-hydrogen) atoms. The number of rotatable bonds is 3. The summed E-state index contributed by atoms with van der Waals surface area (Å²) in [5, 5.41) is 11.5. The second-order valence-corrected chi connectivity index (χ2v) is 5.15. The van der Waals surface area contributed by atoms with E-state index in [0.29, 0.717) is 4.47 Å². The number of carbonyl (C=O) groups excluding carboxylic acids is 1. The van der Waals surface area contributed by atoms with Gasteiger partial charge in [-0.1, -0.05) is 39.1 Å². The van der Waals surface area contributed by atoms with Crippen LogP contribution in [0, 0.1) is 0 Å². The Morgan fingerprint density at radius 1 is 1.39 bits per heavy atom. The highest BCUT2D eigenvalue weighted by Gasteiger charge is 2.15. The van der Waals surface area contributed by atoms with Gasteiger partial charge < -0.3 is 15.3 Å². The van der Waals surface area contributed by atoms with Crippen LogP contribution in [0.25, 0.3) is 0 Å². The van der Waals surface area contributed by atoms with Crippen molar-refractivity contribution in [2.45, 2.75) is 0 Å². The van der Waals surface area contributed by atoms with Crippen molar-refractivity contribution in [2.75, 3.05) is 18.9 Å². The van der Waals surface area contributed by atoms with Crippen molar-refractivity contribution in [1.29, 1.82) is 0 Å². The number of aliphatic carboxylic acids is 1. The second kappa shape index (κ2) is 6.26. The fraction of sp³-hybridized carbons (Fsp3) is 0.200. The van der Waals surface area contributed by atoms with Gasteiger partial charge >= 0.3 is 12.0 Å². The Kier molecular flexibility index (Phi) is 5.25. The smallest absolute Gasteiger partial charge is 0.323 e. The molecule has 0 aliphatic heterocycles. The van der Waals surface area contributed by atoms with Gasteiger partial charge in [0.1, 0.15) is 6.54 Å². The highest BCUT2D eigenvalue weighted by atomic mass is 79.9. The number of carboxylic acid groups (broad SMARTS) is 1. The zero-order chi connectivity index (χ0) is 13.9. The number of likely N-dealkylation sites (N-methyl/N-ethyl adjacent to an activating group) is 1. The van der Waals surface area contributed by atoms with E-state index < -0.39 is 18.5 Å². The Balaban J connectivity index is 2.85. The first-order valence-corrected chi connectivity index (χ1v) is 6.24. The largest absolute Gasteiger partial charge is 0.480 e. The van der Waals surface area contributed by atoms with Gasteiger partial charge in [-0.2, -0.15) is 0 Å². The van der Waals surface area contributed by atoms with E-state index in [9.17, 15) is 9.59 Å². The predicted molar refractivity (Wildman–Crippen MR) is 73.4 cm³/mol. The van der Waals surface area contributed by atoms with Gasteiger partial charge in [0.25, 0.3) is 0 Å². The minimum Gasteiger partial charge on any atom is -0.480 e. The van der Waals surface area contributed by atoms with Gasteiger partial charge in [-0.25, -0.2) is 4.79 Å². The van der Waals surface area contributed by atoms with Gasteiger partial charge in [-0.05, 0) is 12.1 Å². The summed E-state index contributed by atoms with van der Waals surface area (Å²) < 4.78 is 0.675. The van der Waals surface area contributed by atoms with Gasteiger partial charge in [0.05, 0.1) is 15.7 Å². The first-order valence-electron chi connectivity index (χ1n) is 4.69. The lowest BCUT2D eigenvalue weighted by Gasteiger charge is -2.17. The third kappa shape index (κ3) is 4.04. The molecular formula is C10H9BrCl2N2O3. The highest BCUT2D eigenvalue weighted by molar-refractivity contribution is 9.10. The van der Waals surface area contributed by atoms with Gasteiger partial charge in [0.2, 0.25) is 0 Å². The Hall–Kier alpha value is -0.980. The summed E-state index contributed by atoms with van der Waals surface area (Å²) >= 11 is 15.1. The monoisotopic (exact) mass is 354 g/mol. The van der Waals surface area contributed by atoms with Crippen LogP contribution < -0.4 is 5.32 Å². The number of hydrogen-bond acceptors (Lipinski definition) is 2. The molecule has 0 aliphatic rings. The molecule has 0 fully saturated rings. The number of urea groups is 1. The average molecular weight is 356 g/mol. The Bertz CT molecular complexity index is 473. The molecular weight excluding hydrogens is 347 g/mol. The fourth-order valence-corrected chi connectivity index (χ4v) is 2.44. The van der Waals surface area contributed by atoms with E-state index in [-0.39, 0.29) is 15.7 Å². The van der Waals surface area contributed by atoms with Crippen molar-refractivity contribution in [3.05, 3.63) is 26.7 Å². The maximum Gasteiger partial charge on any atom is 0.323 e. The maximum absolute atomic E-state index is 11.7. The summed E-state index contributed by atoms with van der Waals surface area (Å²) in [7, 11) is 1.35. The fourth-order valence-electron chi connectivity index (χ4n) is 1.14. The molecule has 0 aliphatic carbocycles. The Morgan fingerprint density at radius 3 is 2.33 bits per heavy atom. The quantitative estimate of drug-likeness (QED) is 0.873. The SMILES string of the molecule is CN(CC(=O)O)C(=O)Nc1c(Cl)cc(Br)cc1Cl. The van der Waals surface area contributed by atoms with Crippen LogP contribution in [-0.4, -0.2) is 35.6 Å². The molecule has 98 valence electrons. The summed E-state index contributed by atoms with van der Waals surface area (Å²) in [6.45, 7) is -0.419. The van der Waals surface area contributed by atoms with Crippen LogP contribution >= 0.6 is 39.1 Å². The zero-order valence-corrected chi connectivity index (χ0v) is 12.3. The number of benzene rings is 1. The van der Waals surface area contributed by atoms with E-state index in [4.69, 9.17) is 28.3 Å². The van der Waals surface area contributed by atoms with Crippen LogP contribution in [0.15, 0.2) is 16.6 Å². The number of amides is 2. The Morgan fingerprint density at radius 2 is 1.89 bits per heavy atom. The minimum atomic E-state index is -1.11. The first kappa shape index (κ1) is 15.1. The lowest BCUT2D eigenvalue weighted by molar-refractivity contribution is -0.137. The molecule has 0 unspecified atom stereocenters.